The van der Waals surface area contributed by atoms with Crippen LogP contribution in [0.25, 0.3) is 0 Å². The molecule has 2 aromatic rings. The van der Waals surface area contributed by atoms with Crippen LogP contribution >= 0.6 is 34.5 Å². The fraction of sp³-hybridized carbons (Fsp3) is 0.333. The van der Waals surface area contributed by atoms with Crippen LogP contribution in [-0.2, 0) is 12.8 Å². The topological polar surface area (TPSA) is 0 Å². The number of rotatable bonds is 2. The molecule has 0 aliphatic heterocycles. The van der Waals surface area contributed by atoms with Crippen molar-refractivity contribution >= 4 is 34.5 Å². The summed E-state index contributed by atoms with van der Waals surface area (Å²) in [7, 11) is 0. The summed E-state index contributed by atoms with van der Waals surface area (Å²) in [5.41, 5.74) is 2.93. The maximum Gasteiger partial charge on any atom is 0.0724 e. The van der Waals surface area contributed by atoms with Gasteiger partial charge in [-0.3, -0.25) is 0 Å². The van der Waals surface area contributed by atoms with Crippen molar-refractivity contribution in [3.63, 3.8) is 0 Å². The standard InChI is InChI=1S/C15H14Cl2S/c16-13-7-8-18-15(13)14(17)12-6-5-10-3-1-2-4-11(10)9-12/h1-4,7-8,12,14H,5-6,9H2. The van der Waals surface area contributed by atoms with Crippen molar-refractivity contribution < 1.29 is 0 Å². The Morgan fingerprint density at radius 2 is 1.94 bits per heavy atom. The lowest BCUT2D eigenvalue weighted by molar-refractivity contribution is 0.446. The molecule has 0 fully saturated rings. The Morgan fingerprint density at radius 1 is 1.17 bits per heavy atom. The fourth-order valence-electron chi connectivity index (χ4n) is 2.69. The van der Waals surface area contributed by atoms with Crippen LogP contribution in [0, 0.1) is 5.92 Å². The van der Waals surface area contributed by atoms with Crippen LogP contribution in [0.15, 0.2) is 35.7 Å². The third-order valence-electron chi connectivity index (χ3n) is 3.69. The van der Waals surface area contributed by atoms with Gasteiger partial charge >= 0.3 is 0 Å². The van der Waals surface area contributed by atoms with Gasteiger partial charge in [0.05, 0.1) is 10.4 Å². The van der Waals surface area contributed by atoms with Crippen LogP contribution in [0.5, 0.6) is 0 Å². The van der Waals surface area contributed by atoms with E-state index in [-0.39, 0.29) is 5.38 Å². The first-order chi connectivity index (χ1) is 8.75. The van der Waals surface area contributed by atoms with E-state index in [0.29, 0.717) is 5.92 Å². The predicted molar refractivity (Wildman–Crippen MR) is 79.9 cm³/mol. The van der Waals surface area contributed by atoms with Crippen molar-refractivity contribution in [3.05, 3.63) is 56.7 Å². The first-order valence-corrected chi connectivity index (χ1v) is 7.89. The number of alkyl halides is 1. The molecule has 2 atom stereocenters. The van der Waals surface area contributed by atoms with E-state index in [9.17, 15) is 0 Å². The van der Waals surface area contributed by atoms with Gasteiger partial charge in [0.25, 0.3) is 0 Å². The molecule has 1 heterocycles. The van der Waals surface area contributed by atoms with Gasteiger partial charge in [0.15, 0.2) is 0 Å². The minimum absolute atomic E-state index is 0.0471. The van der Waals surface area contributed by atoms with Crippen molar-refractivity contribution in [3.8, 4) is 0 Å². The van der Waals surface area contributed by atoms with Gasteiger partial charge in [-0.05, 0) is 47.8 Å². The zero-order valence-corrected chi connectivity index (χ0v) is 12.2. The van der Waals surface area contributed by atoms with Gasteiger partial charge in [0.1, 0.15) is 0 Å². The molecule has 18 heavy (non-hydrogen) atoms. The molecule has 0 saturated carbocycles. The third kappa shape index (κ3) is 2.32. The first kappa shape index (κ1) is 12.5. The Morgan fingerprint density at radius 3 is 2.67 bits per heavy atom. The lowest BCUT2D eigenvalue weighted by Gasteiger charge is -2.27. The molecule has 0 bridgehead atoms. The highest BCUT2D eigenvalue weighted by molar-refractivity contribution is 7.11. The summed E-state index contributed by atoms with van der Waals surface area (Å²) in [6.07, 6.45) is 3.35. The lowest BCUT2D eigenvalue weighted by Crippen LogP contribution is -2.18. The van der Waals surface area contributed by atoms with E-state index in [1.807, 2.05) is 11.4 Å². The molecule has 1 aliphatic rings. The van der Waals surface area contributed by atoms with Gasteiger partial charge in [-0.1, -0.05) is 35.9 Å². The van der Waals surface area contributed by atoms with E-state index in [2.05, 4.69) is 24.3 Å². The smallest absolute Gasteiger partial charge is 0.0724 e. The summed E-state index contributed by atoms with van der Waals surface area (Å²) in [4.78, 5) is 1.13. The van der Waals surface area contributed by atoms with Crippen LogP contribution in [0.4, 0.5) is 0 Å². The molecule has 3 rings (SSSR count). The van der Waals surface area contributed by atoms with Gasteiger partial charge in [0.2, 0.25) is 0 Å². The molecular weight excluding hydrogens is 283 g/mol. The quantitative estimate of drug-likeness (QED) is 0.643. The molecule has 1 aromatic carbocycles. The Bertz CT molecular complexity index is 547. The molecular formula is C15H14Cl2S. The molecule has 0 spiro atoms. The Labute approximate surface area is 122 Å². The van der Waals surface area contributed by atoms with Gasteiger partial charge in [-0.25, -0.2) is 0 Å². The van der Waals surface area contributed by atoms with Crippen molar-refractivity contribution in [2.75, 3.05) is 0 Å². The summed E-state index contributed by atoms with van der Waals surface area (Å²) in [6.45, 7) is 0. The molecule has 3 heteroatoms. The molecule has 0 N–H and O–H groups in total. The molecule has 2 unspecified atom stereocenters. The Kier molecular flexibility index (Phi) is 3.65. The molecule has 0 saturated heterocycles. The highest BCUT2D eigenvalue weighted by Crippen LogP contribution is 2.42. The van der Waals surface area contributed by atoms with Crippen molar-refractivity contribution in [1.82, 2.24) is 0 Å². The molecule has 0 radical (unpaired) electrons. The minimum Gasteiger partial charge on any atom is -0.146 e. The number of halogens is 2. The number of benzene rings is 1. The Hall–Kier alpha value is -0.500. The maximum absolute atomic E-state index is 6.62. The van der Waals surface area contributed by atoms with Crippen LogP contribution < -0.4 is 0 Å². The van der Waals surface area contributed by atoms with Crippen molar-refractivity contribution in [2.45, 2.75) is 24.6 Å². The van der Waals surface area contributed by atoms with Crippen LogP contribution in [0.2, 0.25) is 5.02 Å². The van der Waals surface area contributed by atoms with E-state index in [4.69, 9.17) is 23.2 Å². The minimum atomic E-state index is 0.0471. The summed E-state index contributed by atoms with van der Waals surface area (Å²) in [5, 5.41) is 2.88. The second-order valence-electron chi connectivity index (χ2n) is 4.81. The van der Waals surface area contributed by atoms with Crippen LogP contribution in [-0.4, -0.2) is 0 Å². The molecule has 0 amide bonds. The van der Waals surface area contributed by atoms with Crippen LogP contribution in [0.1, 0.15) is 27.8 Å². The summed E-state index contributed by atoms with van der Waals surface area (Å²) in [5.74, 6) is 0.498. The second kappa shape index (κ2) is 5.24. The molecule has 1 aliphatic carbocycles. The van der Waals surface area contributed by atoms with Crippen molar-refractivity contribution in [1.29, 1.82) is 0 Å². The van der Waals surface area contributed by atoms with Crippen LogP contribution in [0.3, 0.4) is 0 Å². The van der Waals surface area contributed by atoms with Gasteiger partial charge in [-0.2, -0.15) is 0 Å². The van der Waals surface area contributed by atoms with E-state index >= 15 is 0 Å². The lowest BCUT2D eigenvalue weighted by atomic mass is 9.82. The number of thiophene rings is 1. The average Bonchev–Trinajstić information content (AvgIpc) is 2.83. The fourth-order valence-corrected chi connectivity index (χ4v) is 4.48. The monoisotopic (exact) mass is 296 g/mol. The van der Waals surface area contributed by atoms with E-state index < -0.39 is 0 Å². The highest BCUT2D eigenvalue weighted by Gasteiger charge is 2.27. The zero-order valence-electron chi connectivity index (χ0n) is 9.90. The molecule has 0 nitrogen and oxygen atoms in total. The van der Waals surface area contributed by atoms with E-state index in [1.165, 1.54) is 11.1 Å². The normalized spacial score (nSPS) is 20.4. The number of aryl methyl sites for hydroxylation is 1. The van der Waals surface area contributed by atoms with Gasteiger partial charge in [0, 0.05) is 4.88 Å². The first-order valence-electron chi connectivity index (χ1n) is 6.19. The maximum atomic E-state index is 6.62. The highest BCUT2D eigenvalue weighted by atomic mass is 35.5. The van der Waals surface area contributed by atoms with Gasteiger partial charge in [-0.15, -0.1) is 22.9 Å². The van der Waals surface area contributed by atoms with Gasteiger partial charge < -0.3 is 0 Å². The number of fused-ring (bicyclic) bond motifs is 1. The second-order valence-corrected chi connectivity index (χ2v) is 6.63. The Balaban J connectivity index is 1.82. The zero-order chi connectivity index (χ0) is 12.5. The van der Waals surface area contributed by atoms with E-state index in [0.717, 1.165) is 29.2 Å². The summed E-state index contributed by atoms with van der Waals surface area (Å²) in [6, 6.07) is 10.6. The largest absolute Gasteiger partial charge is 0.146 e. The molecule has 1 aromatic heterocycles. The number of hydrogen-bond acceptors (Lipinski definition) is 1. The summed E-state index contributed by atoms with van der Waals surface area (Å²) >= 11 is 14.5. The van der Waals surface area contributed by atoms with Crippen molar-refractivity contribution in [2.24, 2.45) is 5.92 Å². The average molecular weight is 297 g/mol. The van der Waals surface area contributed by atoms with E-state index in [1.54, 1.807) is 11.3 Å². The summed E-state index contributed by atoms with van der Waals surface area (Å²) < 4.78 is 0. The third-order valence-corrected chi connectivity index (χ3v) is 5.84. The number of hydrogen-bond donors (Lipinski definition) is 0. The predicted octanol–water partition coefficient (Wildman–Crippen LogP) is 5.49. The molecule has 94 valence electrons. The SMILES string of the molecule is Clc1ccsc1C(Cl)C1CCc2ccccc2C1.